The normalized spacial score (nSPS) is 10.5. The van der Waals surface area contributed by atoms with Gasteiger partial charge in [-0.3, -0.25) is 4.79 Å². The van der Waals surface area contributed by atoms with E-state index in [1.165, 1.54) is 0 Å². The van der Waals surface area contributed by atoms with Gasteiger partial charge in [0.1, 0.15) is 29.8 Å². The number of nitrogens with one attached hydrogen (secondary N) is 1. The maximum absolute atomic E-state index is 11.4. The second-order valence-electron chi connectivity index (χ2n) is 5.85. The van der Waals surface area contributed by atoms with Gasteiger partial charge in [0.2, 0.25) is 5.91 Å². The molecule has 0 fully saturated rings. The zero-order chi connectivity index (χ0) is 18.7. The third-order valence-electron chi connectivity index (χ3n) is 4.13. The number of nitrogens with two attached hydrogens (primary N) is 2. The van der Waals surface area contributed by atoms with Crippen LogP contribution < -0.4 is 21.5 Å². The number of nitriles is 1. The lowest BCUT2D eigenvalue weighted by Gasteiger charge is -2.09. The van der Waals surface area contributed by atoms with E-state index in [0.717, 1.165) is 16.5 Å². The average Bonchev–Trinajstić information content (AvgIpc) is 2.90. The van der Waals surface area contributed by atoms with Gasteiger partial charge in [-0.15, -0.1) is 0 Å². The van der Waals surface area contributed by atoms with E-state index in [9.17, 15) is 10.1 Å². The molecule has 0 atom stereocenters. The number of benzene rings is 2. The summed E-state index contributed by atoms with van der Waals surface area (Å²) in [4.78, 5) is 11.4. The Kier molecular flexibility index (Phi) is 4.78. The topological polar surface area (TPSA) is 119 Å². The third-order valence-corrected chi connectivity index (χ3v) is 4.13. The van der Waals surface area contributed by atoms with E-state index in [2.05, 4.69) is 11.4 Å². The molecule has 0 unspecified atom stereocenters. The van der Waals surface area contributed by atoms with Crippen molar-refractivity contribution in [1.82, 2.24) is 4.57 Å². The first-order valence-corrected chi connectivity index (χ1v) is 8.03. The van der Waals surface area contributed by atoms with Crippen LogP contribution in [0.25, 0.3) is 10.9 Å². The molecule has 0 aliphatic carbocycles. The molecule has 1 heterocycles. The summed E-state index contributed by atoms with van der Waals surface area (Å²) in [5.41, 5.74) is 14.1. The van der Waals surface area contributed by atoms with E-state index in [1.807, 2.05) is 43.4 Å². The van der Waals surface area contributed by atoms with E-state index >= 15 is 0 Å². The van der Waals surface area contributed by atoms with Gasteiger partial charge < -0.3 is 26.1 Å². The number of nitrogens with zero attached hydrogens (tertiary/aromatic N) is 2. The first kappa shape index (κ1) is 17.3. The zero-order valence-electron chi connectivity index (χ0n) is 14.3. The molecule has 0 bridgehead atoms. The fourth-order valence-corrected chi connectivity index (χ4v) is 2.77. The lowest BCUT2D eigenvalue weighted by atomic mass is 10.1. The monoisotopic (exact) mass is 349 g/mol. The summed E-state index contributed by atoms with van der Waals surface area (Å²) in [5, 5.41) is 12.8. The largest absolute Gasteiger partial charge is 0.489 e. The van der Waals surface area contributed by atoms with Gasteiger partial charge in [-0.05, 0) is 35.9 Å². The number of fused-ring (bicyclic) bond motifs is 1. The minimum atomic E-state index is -0.251. The summed E-state index contributed by atoms with van der Waals surface area (Å²) in [5.74, 6) is 0.818. The van der Waals surface area contributed by atoms with Crippen molar-refractivity contribution in [2.75, 3.05) is 17.6 Å². The lowest BCUT2D eigenvalue weighted by Crippen LogP contribution is -2.21. The third kappa shape index (κ3) is 3.31. The Balaban J connectivity index is 1.79. The molecule has 0 aliphatic rings. The molecule has 0 radical (unpaired) electrons. The van der Waals surface area contributed by atoms with Crippen LogP contribution in [0.2, 0.25) is 0 Å². The Morgan fingerprint density at radius 3 is 2.85 bits per heavy atom. The van der Waals surface area contributed by atoms with Crippen LogP contribution in [0.1, 0.15) is 11.1 Å². The van der Waals surface area contributed by atoms with Gasteiger partial charge >= 0.3 is 0 Å². The zero-order valence-corrected chi connectivity index (χ0v) is 14.3. The average molecular weight is 349 g/mol. The lowest BCUT2D eigenvalue weighted by molar-refractivity contribution is -0.114. The van der Waals surface area contributed by atoms with Gasteiger partial charge in [-0.2, -0.15) is 5.26 Å². The molecular weight excluding hydrogens is 330 g/mol. The molecule has 0 saturated heterocycles. The SMILES string of the molecule is Cn1c(N)c(C#N)c2cc(OCc3cccc(NC(=O)CN)c3)ccc21. The molecule has 0 aliphatic heterocycles. The van der Waals surface area contributed by atoms with Crippen LogP contribution in [-0.4, -0.2) is 17.0 Å². The predicted octanol–water partition coefficient (Wildman–Crippen LogP) is 2.11. The Morgan fingerprint density at radius 1 is 1.31 bits per heavy atom. The van der Waals surface area contributed by atoms with Crippen LogP contribution in [0.3, 0.4) is 0 Å². The van der Waals surface area contributed by atoms with Gasteiger partial charge in [0.15, 0.2) is 0 Å². The van der Waals surface area contributed by atoms with Crippen molar-refractivity contribution < 1.29 is 9.53 Å². The summed E-state index contributed by atoms with van der Waals surface area (Å²) in [7, 11) is 1.82. The molecule has 0 spiro atoms. The number of hydrogen-bond donors (Lipinski definition) is 3. The number of carbonyl (C=O) groups excluding carboxylic acids is 1. The smallest absolute Gasteiger partial charge is 0.238 e. The van der Waals surface area contributed by atoms with Crippen molar-refractivity contribution in [2.24, 2.45) is 12.8 Å². The fourth-order valence-electron chi connectivity index (χ4n) is 2.77. The highest BCUT2D eigenvalue weighted by molar-refractivity contribution is 5.93. The maximum Gasteiger partial charge on any atom is 0.238 e. The van der Waals surface area contributed by atoms with Gasteiger partial charge in [0, 0.05) is 18.1 Å². The van der Waals surface area contributed by atoms with Crippen LogP contribution in [0, 0.1) is 11.3 Å². The van der Waals surface area contributed by atoms with Gasteiger partial charge in [-0.25, -0.2) is 0 Å². The van der Waals surface area contributed by atoms with Crippen LogP contribution in [0.4, 0.5) is 11.5 Å². The summed E-state index contributed by atoms with van der Waals surface area (Å²) < 4.78 is 7.62. The minimum absolute atomic E-state index is 0.0673. The first-order chi connectivity index (χ1) is 12.5. The molecule has 3 rings (SSSR count). The van der Waals surface area contributed by atoms with Gasteiger partial charge in [0.05, 0.1) is 12.1 Å². The molecule has 26 heavy (non-hydrogen) atoms. The Morgan fingerprint density at radius 2 is 2.12 bits per heavy atom. The quantitative estimate of drug-likeness (QED) is 0.652. The maximum atomic E-state index is 11.4. The number of hydrogen-bond acceptors (Lipinski definition) is 5. The highest BCUT2D eigenvalue weighted by Gasteiger charge is 2.13. The van der Waals surface area contributed by atoms with Crippen molar-refractivity contribution >= 4 is 28.3 Å². The van der Waals surface area contributed by atoms with Gasteiger partial charge in [0.25, 0.3) is 0 Å². The number of carbonyl (C=O) groups is 1. The van der Waals surface area contributed by atoms with E-state index in [-0.39, 0.29) is 12.5 Å². The van der Waals surface area contributed by atoms with Crippen LogP contribution in [-0.2, 0) is 18.4 Å². The number of ether oxygens (including phenoxy) is 1. The molecule has 2 aromatic carbocycles. The Hall–Kier alpha value is -3.50. The molecular formula is C19H19N5O2. The van der Waals surface area contributed by atoms with Crippen LogP contribution >= 0.6 is 0 Å². The van der Waals surface area contributed by atoms with E-state index in [1.54, 1.807) is 10.6 Å². The van der Waals surface area contributed by atoms with E-state index in [4.69, 9.17) is 16.2 Å². The standard InChI is InChI=1S/C19H19N5O2/c1-24-17-6-5-14(8-15(17)16(9-20)19(24)22)26-11-12-3-2-4-13(7-12)23-18(25)10-21/h2-8H,10-11,21-22H2,1H3,(H,23,25). The van der Waals surface area contributed by atoms with Gasteiger partial charge in [-0.1, -0.05) is 12.1 Å². The molecule has 3 aromatic rings. The second kappa shape index (κ2) is 7.17. The summed E-state index contributed by atoms with van der Waals surface area (Å²) in [6.45, 7) is 0.254. The van der Waals surface area contributed by atoms with Crippen molar-refractivity contribution in [3.63, 3.8) is 0 Å². The molecule has 132 valence electrons. The Labute approximate surface area is 150 Å². The number of aryl methyl sites for hydroxylation is 1. The molecule has 1 aromatic heterocycles. The Bertz CT molecular complexity index is 1020. The highest BCUT2D eigenvalue weighted by Crippen LogP contribution is 2.30. The first-order valence-electron chi connectivity index (χ1n) is 8.03. The summed E-state index contributed by atoms with van der Waals surface area (Å²) in [6, 6.07) is 15.0. The number of rotatable bonds is 5. The molecule has 1 amide bonds. The van der Waals surface area contributed by atoms with Crippen LogP contribution in [0.15, 0.2) is 42.5 Å². The fraction of sp³-hybridized carbons (Fsp3) is 0.158. The summed E-state index contributed by atoms with van der Waals surface area (Å²) >= 11 is 0. The molecule has 0 saturated carbocycles. The number of amides is 1. The number of aromatic nitrogens is 1. The molecule has 7 nitrogen and oxygen atoms in total. The van der Waals surface area contributed by atoms with Crippen molar-refractivity contribution in [1.29, 1.82) is 5.26 Å². The second-order valence-corrected chi connectivity index (χ2v) is 5.85. The van der Waals surface area contributed by atoms with E-state index < -0.39 is 0 Å². The van der Waals surface area contributed by atoms with Crippen molar-refractivity contribution in [2.45, 2.75) is 6.61 Å². The predicted molar refractivity (Wildman–Crippen MR) is 101 cm³/mol. The molecule has 5 N–H and O–H groups in total. The minimum Gasteiger partial charge on any atom is -0.489 e. The molecule has 7 heteroatoms. The number of nitrogen functional groups attached to an aromatic ring is 1. The van der Waals surface area contributed by atoms with Crippen molar-refractivity contribution in [3.8, 4) is 11.8 Å². The van der Waals surface area contributed by atoms with E-state index in [0.29, 0.717) is 29.4 Å². The summed E-state index contributed by atoms with van der Waals surface area (Å²) in [6.07, 6.45) is 0. The number of anilines is 2. The van der Waals surface area contributed by atoms with Crippen LogP contribution in [0.5, 0.6) is 5.75 Å². The highest BCUT2D eigenvalue weighted by atomic mass is 16.5. The van der Waals surface area contributed by atoms with Crippen molar-refractivity contribution in [3.05, 3.63) is 53.6 Å².